The van der Waals surface area contributed by atoms with Crippen LogP contribution in [0.1, 0.15) is 42.0 Å². The smallest absolute Gasteiger partial charge is 0.222 e. The summed E-state index contributed by atoms with van der Waals surface area (Å²) in [5.41, 5.74) is 5.44. The van der Waals surface area contributed by atoms with E-state index in [1.54, 1.807) is 7.05 Å². The number of aromatic nitrogens is 1. The Labute approximate surface area is 174 Å². The van der Waals surface area contributed by atoms with E-state index in [0.717, 1.165) is 33.7 Å². The van der Waals surface area contributed by atoms with Gasteiger partial charge in [0, 0.05) is 23.2 Å². The fourth-order valence-electron chi connectivity index (χ4n) is 3.64. The molecule has 2 aliphatic rings. The lowest BCUT2D eigenvalue weighted by atomic mass is 9.93. The Morgan fingerprint density at radius 2 is 1.86 bits per heavy atom. The zero-order chi connectivity index (χ0) is 20.5. The molecule has 1 aromatic carbocycles. The highest BCUT2D eigenvalue weighted by Crippen LogP contribution is 2.40. The second-order valence-electron chi connectivity index (χ2n) is 7.29. The first-order valence-electron chi connectivity index (χ1n) is 9.60. The van der Waals surface area contributed by atoms with Crippen LogP contribution in [0, 0.1) is 12.8 Å². The van der Waals surface area contributed by atoms with Crippen molar-refractivity contribution >= 4 is 28.8 Å². The topological polar surface area (TPSA) is 67.5 Å². The molecule has 2 aromatic rings. The van der Waals surface area contributed by atoms with Crippen molar-refractivity contribution in [3.8, 4) is 0 Å². The first-order valence-corrected chi connectivity index (χ1v) is 9.97. The van der Waals surface area contributed by atoms with Crippen LogP contribution in [0.15, 0.2) is 63.7 Å². The summed E-state index contributed by atoms with van der Waals surface area (Å²) < 4.78 is 5.69. The van der Waals surface area contributed by atoms with Gasteiger partial charge in [-0.25, -0.2) is 0 Å². The zero-order valence-corrected chi connectivity index (χ0v) is 17.3. The van der Waals surface area contributed by atoms with E-state index in [0.29, 0.717) is 16.7 Å². The molecule has 0 saturated carbocycles. The van der Waals surface area contributed by atoms with Crippen LogP contribution in [0.3, 0.4) is 0 Å². The molecule has 148 valence electrons. The summed E-state index contributed by atoms with van der Waals surface area (Å²) in [6.07, 6.45) is 8.68. The largest absolute Gasteiger partial charge is 0.359 e. The Morgan fingerprint density at radius 1 is 1.17 bits per heavy atom. The third-order valence-electron chi connectivity index (χ3n) is 5.20. The fraction of sp³-hybridized carbons (Fsp3) is 0.261. The minimum absolute atomic E-state index is 0.106. The van der Waals surface area contributed by atoms with E-state index >= 15 is 0 Å². The number of benzene rings is 1. The molecule has 0 radical (unpaired) electrons. The van der Waals surface area contributed by atoms with Gasteiger partial charge in [0.2, 0.25) is 5.91 Å². The summed E-state index contributed by atoms with van der Waals surface area (Å²) in [5, 5.41) is 7.53. The van der Waals surface area contributed by atoms with E-state index in [2.05, 4.69) is 41.7 Å². The van der Waals surface area contributed by atoms with Gasteiger partial charge in [-0.15, -0.1) is 0 Å². The molecule has 0 bridgehead atoms. The molecule has 6 heteroatoms. The van der Waals surface area contributed by atoms with Crippen molar-refractivity contribution in [2.75, 3.05) is 7.05 Å². The molecule has 1 aliphatic carbocycles. The average Bonchev–Trinajstić information content (AvgIpc) is 2.91. The van der Waals surface area contributed by atoms with Gasteiger partial charge >= 0.3 is 0 Å². The molecule has 0 saturated heterocycles. The number of fused-ring (bicyclic) bond motifs is 2. The van der Waals surface area contributed by atoms with Crippen molar-refractivity contribution in [2.45, 2.75) is 26.3 Å². The molecule has 1 N–H and O–H groups in total. The highest BCUT2D eigenvalue weighted by molar-refractivity contribution is 6.31. The van der Waals surface area contributed by atoms with E-state index in [-0.39, 0.29) is 12.3 Å². The number of aryl methyl sites for hydroxylation is 1. The Bertz CT molecular complexity index is 1070. The summed E-state index contributed by atoms with van der Waals surface area (Å²) in [7, 11) is 1.62. The molecule has 1 aliphatic heterocycles. The molecule has 1 amide bonds. The van der Waals surface area contributed by atoms with Crippen LogP contribution in [0.25, 0.3) is 5.57 Å². The lowest BCUT2D eigenvalue weighted by Gasteiger charge is -2.12. The van der Waals surface area contributed by atoms with Crippen molar-refractivity contribution in [1.29, 1.82) is 0 Å². The van der Waals surface area contributed by atoms with E-state index in [1.807, 2.05) is 31.2 Å². The van der Waals surface area contributed by atoms with Gasteiger partial charge in [0.25, 0.3) is 0 Å². The molecular formula is C23H22ClN3O2. The number of carbonyl (C=O) groups excluding carboxylic acids is 1. The third kappa shape index (κ3) is 3.70. The molecule has 2 heterocycles. The molecule has 5 nitrogen and oxygen atoms in total. The first kappa shape index (κ1) is 19.4. The predicted molar refractivity (Wildman–Crippen MR) is 115 cm³/mol. The van der Waals surface area contributed by atoms with Crippen LogP contribution in [0.4, 0.5) is 0 Å². The number of hydrogen-bond acceptors (Lipinski definition) is 4. The minimum Gasteiger partial charge on any atom is -0.359 e. The van der Waals surface area contributed by atoms with Gasteiger partial charge in [-0.2, -0.15) is 0 Å². The van der Waals surface area contributed by atoms with Crippen molar-refractivity contribution < 1.29 is 9.32 Å². The average molecular weight is 408 g/mol. The van der Waals surface area contributed by atoms with E-state index in [9.17, 15) is 4.79 Å². The molecule has 29 heavy (non-hydrogen) atoms. The molecule has 1 unspecified atom stereocenters. The van der Waals surface area contributed by atoms with Gasteiger partial charge in [-0.3, -0.25) is 9.79 Å². The van der Waals surface area contributed by atoms with Crippen molar-refractivity contribution in [2.24, 2.45) is 10.9 Å². The van der Waals surface area contributed by atoms with Gasteiger partial charge in [0.05, 0.1) is 23.4 Å². The van der Waals surface area contributed by atoms with Crippen LogP contribution in [-0.4, -0.2) is 23.8 Å². The number of hydrogen-bond donors (Lipinski definition) is 1. The van der Waals surface area contributed by atoms with Crippen molar-refractivity contribution in [3.63, 3.8) is 0 Å². The summed E-state index contributed by atoms with van der Waals surface area (Å²) in [4.78, 5) is 17.2. The Balaban J connectivity index is 1.98. The van der Waals surface area contributed by atoms with Crippen LogP contribution in [0.5, 0.6) is 0 Å². The van der Waals surface area contributed by atoms with Crippen molar-refractivity contribution in [1.82, 2.24) is 10.5 Å². The number of nitrogens with zero attached hydrogens (tertiary/aromatic N) is 2. The maximum Gasteiger partial charge on any atom is 0.222 e. The van der Waals surface area contributed by atoms with E-state index < -0.39 is 6.04 Å². The number of halogens is 1. The fourth-order valence-corrected chi connectivity index (χ4v) is 3.77. The number of carbonyl (C=O) groups is 1. The van der Waals surface area contributed by atoms with Crippen LogP contribution < -0.4 is 5.32 Å². The van der Waals surface area contributed by atoms with E-state index in [4.69, 9.17) is 21.1 Å². The number of aliphatic imine (C=N–C) groups is 1. The number of allylic oxidation sites excluding steroid dienone is 6. The zero-order valence-electron chi connectivity index (χ0n) is 16.6. The Morgan fingerprint density at radius 3 is 2.55 bits per heavy atom. The standard InChI is InChI=1S/C23H22ClN3O2/c1-13-4-10-17-18(11-5-13)22(15-6-8-16(24)9-7-15)26-19(12-20(28)25-3)23-21(17)14(2)27-29-23/h4-11,13,19H,12H2,1-3H3,(H,25,28)/t13?,19-/m1/s1. The summed E-state index contributed by atoms with van der Waals surface area (Å²) >= 11 is 6.10. The van der Waals surface area contributed by atoms with Crippen LogP contribution in [0.2, 0.25) is 5.02 Å². The van der Waals surface area contributed by atoms with Gasteiger partial charge in [-0.1, -0.05) is 60.1 Å². The first-order chi connectivity index (χ1) is 14.0. The Kier molecular flexibility index (Phi) is 5.24. The van der Waals surface area contributed by atoms with Crippen LogP contribution >= 0.6 is 11.6 Å². The summed E-state index contributed by atoms with van der Waals surface area (Å²) in [6.45, 7) is 4.05. The number of nitrogens with one attached hydrogen (secondary N) is 1. The lowest BCUT2D eigenvalue weighted by molar-refractivity contribution is -0.121. The van der Waals surface area contributed by atoms with Gasteiger partial charge in [0.15, 0.2) is 5.76 Å². The predicted octanol–water partition coefficient (Wildman–Crippen LogP) is 4.83. The Hall–Kier alpha value is -2.92. The highest BCUT2D eigenvalue weighted by Gasteiger charge is 2.32. The molecule has 4 rings (SSSR count). The molecule has 0 fully saturated rings. The number of rotatable bonds is 3. The molecule has 0 spiro atoms. The normalized spacial score (nSPS) is 20.5. The van der Waals surface area contributed by atoms with Gasteiger partial charge in [0.1, 0.15) is 6.04 Å². The lowest BCUT2D eigenvalue weighted by Crippen LogP contribution is -2.20. The summed E-state index contributed by atoms with van der Waals surface area (Å²) in [5.74, 6) is 0.805. The monoisotopic (exact) mass is 407 g/mol. The van der Waals surface area contributed by atoms with Gasteiger partial charge in [-0.05, 0) is 30.5 Å². The molecule has 2 atom stereocenters. The van der Waals surface area contributed by atoms with Crippen LogP contribution in [-0.2, 0) is 4.79 Å². The minimum atomic E-state index is -0.469. The van der Waals surface area contributed by atoms with E-state index in [1.165, 1.54) is 0 Å². The maximum absolute atomic E-state index is 12.2. The molecule has 1 aromatic heterocycles. The third-order valence-corrected chi connectivity index (χ3v) is 5.45. The maximum atomic E-state index is 12.2. The van der Waals surface area contributed by atoms with Gasteiger partial charge < -0.3 is 9.84 Å². The quantitative estimate of drug-likeness (QED) is 0.792. The second kappa shape index (κ2) is 7.84. The molecular weight excluding hydrogens is 386 g/mol. The SMILES string of the molecule is CNC(=O)C[C@H]1N=C(c2ccc(Cl)cc2)C2=C(C=CC(C)C=C2)c2c(C)noc21. The summed E-state index contributed by atoms with van der Waals surface area (Å²) in [6, 6.07) is 7.13. The highest BCUT2D eigenvalue weighted by atomic mass is 35.5. The van der Waals surface area contributed by atoms with Crippen molar-refractivity contribution in [3.05, 3.63) is 81.7 Å². The number of amides is 1. The second-order valence-corrected chi connectivity index (χ2v) is 7.73.